The first kappa shape index (κ1) is 18.1. The Morgan fingerprint density at radius 2 is 1.79 bits per heavy atom. The number of piperidine rings is 1. The van der Waals surface area contributed by atoms with E-state index in [0.717, 1.165) is 50.2 Å². The molecule has 0 bridgehead atoms. The van der Waals surface area contributed by atoms with E-state index >= 15 is 0 Å². The maximum atomic E-state index is 12.5. The summed E-state index contributed by atoms with van der Waals surface area (Å²) in [5, 5.41) is 2.61. The number of carbonyl (C=O) groups is 1. The highest BCUT2D eigenvalue weighted by molar-refractivity contribution is 5.94. The van der Waals surface area contributed by atoms with Crippen LogP contribution in [-0.2, 0) is 6.18 Å². The van der Waals surface area contributed by atoms with Gasteiger partial charge in [0.25, 0.3) is 5.91 Å². The van der Waals surface area contributed by atoms with E-state index in [1.807, 2.05) is 4.90 Å². The molecule has 1 heterocycles. The minimum absolute atomic E-state index is 0.177. The number of nitrogens with one attached hydrogen (secondary N) is 1. The third-order valence-corrected chi connectivity index (χ3v) is 3.83. The van der Waals surface area contributed by atoms with E-state index in [2.05, 4.69) is 10.3 Å². The van der Waals surface area contributed by atoms with Crippen molar-refractivity contribution >= 4 is 11.9 Å². The van der Waals surface area contributed by atoms with Crippen LogP contribution in [0.25, 0.3) is 0 Å². The van der Waals surface area contributed by atoms with E-state index in [9.17, 15) is 18.0 Å². The number of amides is 1. The first-order valence-corrected chi connectivity index (χ1v) is 7.88. The van der Waals surface area contributed by atoms with E-state index < -0.39 is 17.6 Å². The fourth-order valence-corrected chi connectivity index (χ4v) is 2.48. The van der Waals surface area contributed by atoms with E-state index in [-0.39, 0.29) is 12.1 Å². The number of hydrogen-bond donors (Lipinski definition) is 2. The second-order valence-electron chi connectivity index (χ2n) is 5.62. The number of aliphatic imine (C=N–C) groups is 1. The molecular weight excluding hydrogens is 321 g/mol. The number of hydrogen-bond acceptors (Lipinski definition) is 2. The average molecular weight is 342 g/mol. The van der Waals surface area contributed by atoms with Crippen LogP contribution in [0.4, 0.5) is 13.2 Å². The number of alkyl halides is 3. The second-order valence-corrected chi connectivity index (χ2v) is 5.62. The van der Waals surface area contributed by atoms with Gasteiger partial charge in [-0.05, 0) is 43.5 Å². The monoisotopic (exact) mass is 342 g/mol. The summed E-state index contributed by atoms with van der Waals surface area (Å²) in [6.45, 7) is 2.39. The Morgan fingerprint density at radius 3 is 2.38 bits per heavy atom. The molecular formula is C16H21F3N4O. The van der Waals surface area contributed by atoms with Crippen LogP contribution >= 0.6 is 0 Å². The van der Waals surface area contributed by atoms with Crippen LogP contribution in [0.2, 0.25) is 0 Å². The van der Waals surface area contributed by atoms with Crippen LogP contribution in [0.15, 0.2) is 29.3 Å². The molecule has 3 N–H and O–H groups in total. The van der Waals surface area contributed by atoms with Gasteiger partial charge in [0, 0.05) is 25.2 Å². The lowest BCUT2D eigenvalue weighted by Crippen LogP contribution is -2.41. The lowest BCUT2D eigenvalue weighted by atomic mass is 10.1. The summed E-state index contributed by atoms with van der Waals surface area (Å²) in [5.41, 5.74) is 5.29. The highest BCUT2D eigenvalue weighted by Crippen LogP contribution is 2.29. The molecule has 1 aliphatic heterocycles. The molecule has 1 aromatic carbocycles. The highest BCUT2D eigenvalue weighted by Gasteiger charge is 2.30. The molecule has 1 aromatic rings. The highest BCUT2D eigenvalue weighted by atomic mass is 19.4. The van der Waals surface area contributed by atoms with Gasteiger partial charge in [-0.25, -0.2) is 0 Å². The second kappa shape index (κ2) is 8.03. The lowest BCUT2D eigenvalue weighted by Gasteiger charge is -2.27. The largest absolute Gasteiger partial charge is 0.416 e. The number of nitrogens with two attached hydrogens (primary N) is 1. The van der Waals surface area contributed by atoms with Crippen molar-refractivity contribution in [2.45, 2.75) is 25.4 Å². The van der Waals surface area contributed by atoms with Gasteiger partial charge < -0.3 is 16.0 Å². The molecule has 0 spiro atoms. The molecule has 1 fully saturated rings. The molecule has 1 aliphatic rings. The maximum absolute atomic E-state index is 12.5. The Kier molecular flexibility index (Phi) is 6.05. The molecule has 5 nitrogen and oxygen atoms in total. The number of halogens is 3. The van der Waals surface area contributed by atoms with Crippen molar-refractivity contribution in [2.75, 3.05) is 26.2 Å². The van der Waals surface area contributed by atoms with Crippen molar-refractivity contribution in [3.63, 3.8) is 0 Å². The molecule has 0 radical (unpaired) electrons. The van der Waals surface area contributed by atoms with Gasteiger partial charge in [-0.2, -0.15) is 13.2 Å². The topological polar surface area (TPSA) is 70.7 Å². The Morgan fingerprint density at radius 1 is 1.17 bits per heavy atom. The quantitative estimate of drug-likeness (QED) is 0.501. The van der Waals surface area contributed by atoms with Crippen LogP contribution in [0.5, 0.6) is 0 Å². The summed E-state index contributed by atoms with van der Waals surface area (Å²) in [4.78, 5) is 18.1. The van der Waals surface area contributed by atoms with Gasteiger partial charge in [-0.3, -0.25) is 9.79 Å². The molecule has 1 saturated heterocycles. The molecule has 2 rings (SSSR count). The van der Waals surface area contributed by atoms with Gasteiger partial charge in [0.15, 0.2) is 5.96 Å². The Hall–Kier alpha value is -2.25. The normalized spacial score (nSPS) is 16.1. The van der Waals surface area contributed by atoms with Crippen molar-refractivity contribution < 1.29 is 18.0 Å². The van der Waals surface area contributed by atoms with Crippen LogP contribution in [0.1, 0.15) is 35.2 Å². The molecule has 0 atom stereocenters. The summed E-state index contributed by atoms with van der Waals surface area (Å²) >= 11 is 0. The number of nitrogens with zero attached hydrogens (tertiary/aromatic N) is 2. The number of likely N-dealkylation sites (tertiary alicyclic amines) is 1. The lowest BCUT2D eigenvalue weighted by molar-refractivity contribution is -0.137. The van der Waals surface area contributed by atoms with E-state index in [0.29, 0.717) is 12.5 Å². The standard InChI is InChI=1S/C16H21F3N4O/c17-16(18,19)13-6-4-12(5-7-13)14(24)21-8-9-22-15(20)23-10-2-1-3-11-23/h4-7H,1-3,8-11H2,(H2,20,22)(H,21,24). The summed E-state index contributed by atoms with van der Waals surface area (Å²) in [7, 11) is 0. The molecule has 0 aliphatic carbocycles. The van der Waals surface area contributed by atoms with Crippen LogP contribution < -0.4 is 11.1 Å². The Bertz CT molecular complexity index is 578. The maximum Gasteiger partial charge on any atom is 0.416 e. The van der Waals surface area contributed by atoms with Gasteiger partial charge in [0.2, 0.25) is 0 Å². The summed E-state index contributed by atoms with van der Waals surface area (Å²) in [6.07, 6.45) is -1.01. The van der Waals surface area contributed by atoms with Gasteiger partial charge in [0.1, 0.15) is 0 Å². The predicted octanol–water partition coefficient (Wildman–Crippen LogP) is 2.24. The number of guanidine groups is 1. The molecule has 0 saturated carbocycles. The smallest absolute Gasteiger partial charge is 0.370 e. The predicted molar refractivity (Wildman–Crippen MR) is 85.7 cm³/mol. The Labute approximate surface area is 138 Å². The van der Waals surface area contributed by atoms with E-state index in [1.165, 1.54) is 6.42 Å². The van der Waals surface area contributed by atoms with Crippen LogP contribution in [0, 0.1) is 0 Å². The van der Waals surface area contributed by atoms with Crippen molar-refractivity contribution in [2.24, 2.45) is 10.7 Å². The van der Waals surface area contributed by atoms with Gasteiger partial charge in [0.05, 0.1) is 12.1 Å². The van der Waals surface area contributed by atoms with Crippen LogP contribution in [-0.4, -0.2) is 42.9 Å². The minimum atomic E-state index is -4.41. The van der Waals surface area contributed by atoms with Gasteiger partial charge in [-0.1, -0.05) is 0 Å². The molecule has 24 heavy (non-hydrogen) atoms. The fraction of sp³-hybridized carbons (Fsp3) is 0.500. The van der Waals surface area contributed by atoms with Crippen molar-refractivity contribution in [1.29, 1.82) is 0 Å². The average Bonchev–Trinajstić information content (AvgIpc) is 2.58. The summed E-state index contributed by atoms with van der Waals surface area (Å²) < 4.78 is 37.4. The molecule has 8 heteroatoms. The molecule has 0 unspecified atom stereocenters. The molecule has 1 amide bonds. The van der Waals surface area contributed by atoms with E-state index in [4.69, 9.17) is 5.73 Å². The third kappa shape index (κ3) is 5.14. The summed E-state index contributed by atoms with van der Waals surface area (Å²) in [6, 6.07) is 4.09. The molecule has 132 valence electrons. The fourth-order valence-electron chi connectivity index (χ4n) is 2.48. The van der Waals surface area contributed by atoms with Gasteiger partial charge in [-0.15, -0.1) is 0 Å². The number of benzene rings is 1. The van der Waals surface area contributed by atoms with Crippen molar-refractivity contribution in [3.05, 3.63) is 35.4 Å². The number of rotatable bonds is 4. The molecule has 0 aromatic heterocycles. The summed E-state index contributed by atoms with van der Waals surface area (Å²) in [5.74, 6) is 0.0361. The Balaban J connectivity index is 1.78. The SMILES string of the molecule is NC(=NCCNC(=O)c1ccc(C(F)(F)F)cc1)N1CCCCC1. The van der Waals surface area contributed by atoms with Crippen molar-refractivity contribution in [3.8, 4) is 0 Å². The number of carbonyl (C=O) groups excluding carboxylic acids is 1. The first-order chi connectivity index (χ1) is 11.4. The third-order valence-electron chi connectivity index (χ3n) is 3.83. The zero-order valence-electron chi connectivity index (χ0n) is 13.3. The zero-order valence-corrected chi connectivity index (χ0v) is 13.3. The van der Waals surface area contributed by atoms with Crippen LogP contribution in [0.3, 0.4) is 0 Å². The zero-order chi connectivity index (χ0) is 17.6. The van der Waals surface area contributed by atoms with Crippen molar-refractivity contribution in [1.82, 2.24) is 10.2 Å². The van der Waals surface area contributed by atoms with E-state index in [1.54, 1.807) is 0 Å². The van der Waals surface area contributed by atoms with Gasteiger partial charge >= 0.3 is 6.18 Å². The minimum Gasteiger partial charge on any atom is -0.370 e. The first-order valence-electron chi connectivity index (χ1n) is 7.88.